The maximum atomic E-state index is 11.8. The molecule has 0 fully saturated rings. The van der Waals surface area contributed by atoms with Crippen molar-refractivity contribution in [3.63, 3.8) is 0 Å². The van der Waals surface area contributed by atoms with E-state index < -0.39 is 0 Å². The predicted octanol–water partition coefficient (Wildman–Crippen LogP) is 2.28. The number of aromatic nitrogens is 4. The number of nitrogens with zero attached hydrogens (tertiary/aromatic N) is 4. The van der Waals surface area contributed by atoms with Gasteiger partial charge < -0.3 is 9.14 Å². The zero-order valence-electron chi connectivity index (χ0n) is 12.7. The number of carbonyl (C=O) groups excluding carboxylic acids is 1. The molecule has 3 rings (SSSR count). The van der Waals surface area contributed by atoms with E-state index in [0.29, 0.717) is 13.0 Å². The minimum Gasteiger partial charge on any atom is -0.459 e. The smallest absolute Gasteiger partial charge is 0.308 e. The van der Waals surface area contributed by atoms with E-state index in [-0.39, 0.29) is 12.6 Å². The fraction of sp³-hybridized carbons (Fsp3) is 0.312. The van der Waals surface area contributed by atoms with Gasteiger partial charge in [-0.15, -0.1) is 0 Å². The van der Waals surface area contributed by atoms with Gasteiger partial charge in [0.05, 0.1) is 24.4 Å². The molecule has 3 heterocycles. The van der Waals surface area contributed by atoms with Crippen molar-refractivity contribution in [2.45, 2.75) is 33.4 Å². The minimum atomic E-state index is -0.246. The number of aryl methyl sites for hydroxylation is 3. The number of esters is 1. The van der Waals surface area contributed by atoms with Crippen molar-refractivity contribution in [2.75, 3.05) is 0 Å². The molecule has 0 N–H and O–H groups in total. The first kappa shape index (κ1) is 14.3. The molecule has 0 unspecified atom stereocenters. The Morgan fingerprint density at radius 1 is 1.32 bits per heavy atom. The molecule has 6 heteroatoms. The normalized spacial score (nSPS) is 11.0. The van der Waals surface area contributed by atoms with Crippen LogP contribution in [-0.4, -0.2) is 25.1 Å². The molecule has 0 aliphatic carbocycles. The van der Waals surface area contributed by atoms with Gasteiger partial charge in [-0.3, -0.25) is 9.48 Å². The Morgan fingerprint density at radius 2 is 2.18 bits per heavy atom. The first-order chi connectivity index (χ1) is 10.6. The van der Waals surface area contributed by atoms with Crippen molar-refractivity contribution in [3.8, 4) is 0 Å². The molecule has 0 aliphatic heterocycles. The van der Waals surface area contributed by atoms with E-state index in [1.807, 2.05) is 59.6 Å². The number of fused-ring (bicyclic) bond motifs is 1. The van der Waals surface area contributed by atoms with Crippen LogP contribution in [0, 0.1) is 13.8 Å². The Balaban J connectivity index is 1.52. The summed E-state index contributed by atoms with van der Waals surface area (Å²) in [4.78, 5) is 16.2. The highest BCUT2D eigenvalue weighted by atomic mass is 16.5. The highest BCUT2D eigenvalue weighted by Crippen LogP contribution is 2.07. The van der Waals surface area contributed by atoms with Crippen LogP contribution >= 0.6 is 0 Å². The highest BCUT2D eigenvalue weighted by Gasteiger charge is 2.08. The van der Waals surface area contributed by atoms with E-state index in [9.17, 15) is 4.79 Å². The lowest BCUT2D eigenvalue weighted by Gasteiger charge is -2.04. The summed E-state index contributed by atoms with van der Waals surface area (Å²) in [5, 5.41) is 4.32. The highest BCUT2D eigenvalue weighted by molar-refractivity contribution is 5.69. The van der Waals surface area contributed by atoms with Crippen LogP contribution in [0.1, 0.15) is 23.5 Å². The molecule has 3 aromatic heterocycles. The molecule has 0 aromatic carbocycles. The van der Waals surface area contributed by atoms with E-state index in [1.165, 1.54) is 0 Å². The number of ether oxygens (including phenoxy) is 1. The molecular formula is C16H18N4O2. The zero-order valence-corrected chi connectivity index (χ0v) is 12.7. The van der Waals surface area contributed by atoms with Crippen molar-refractivity contribution >= 4 is 11.6 Å². The molecule has 0 bridgehead atoms. The summed E-state index contributed by atoms with van der Waals surface area (Å²) in [6.07, 6.45) is 4.08. The summed E-state index contributed by atoms with van der Waals surface area (Å²) in [5.74, 6) is -0.246. The van der Waals surface area contributed by atoms with Gasteiger partial charge in [-0.1, -0.05) is 6.07 Å². The third-order valence-corrected chi connectivity index (χ3v) is 3.43. The van der Waals surface area contributed by atoms with Gasteiger partial charge >= 0.3 is 5.97 Å². The second kappa shape index (κ2) is 6.01. The average molecular weight is 298 g/mol. The second-order valence-corrected chi connectivity index (χ2v) is 5.26. The van der Waals surface area contributed by atoms with Crippen molar-refractivity contribution < 1.29 is 9.53 Å². The molecule has 0 radical (unpaired) electrons. The van der Waals surface area contributed by atoms with Gasteiger partial charge in [0.2, 0.25) is 0 Å². The molecule has 0 amide bonds. The second-order valence-electron chi connectivity index (χ2n) is 5.26. The molecular weight excluding hydrogens is 280 g/mol. The SMILES string of the molecule is Cc1cc(C)n(CCC(=O)OCc2cn3ccccc3n2)n1. The van der Waals surface area contributed by atoms with E-state index in [0.717, 1.165) is 22.7 Å². The van der Waals surface area contributed by atoms with Crippen LogP contribution in [0.4, 0.5) is 0 Å². The molecule has 114 valence electrons. The van der Waals surface area contributed by atoms with Gasteiger partial charge in [0, 0.05) is 18.1 Å². The van der Waals surface area contributed by atoms with Crippen LogP contribution in [0.15, 0.2) is 36.7 Å². The van der Waals surface area contributed by atoms with E-state index in [2.05, 4.69) is 10.1 Å². The van der Waals surface area contributed by atoms with Gasteiger partial charge in [0.15, 0.2) is 0 Å². The van der Waals surface area contributed by atoms with E-state index in [4.69, 9.17) is 4.74 Å². The number of hydrogen-bond donors (Lipinski definition) is 0. The van der Waals surface area contributed by atoms with E-state index in [1.54, 1.807) is 0 Å². The Labute approximate surface area is 128 Å². The molecule has 22 heavy (non-hydrogen) atoms. The first-order valence-electron chi connectivity index (χ1n) is 7.21. The fourth-order valence-electron chi connectivity index (χ4n) is 2.38. The van der Waals surface area contributed by atoms with E-state index >= 15 is 0 Å². The largest absolute Gasteiger partial charge is 0.459 e. The van der Waals surface area contributed by atoms with Gasteiger partial charge in [0.1, 0.15) is 12.3 Å². The van der Waals surface area contributed by atoms with Crippen molar-refractivity contribution in [2.24, 2.45) is 0 Å². The topological polar surface area (TPSA) is 61.4 Å². The standard InChI is InChI=1S/C16H18N4O2/c1-12-9-13(2)20(18-12)8-6-16(21)22-11-14-10-19-7-4-3-5-15(19)17-14/h3-5,7,9-10H,6,8,11H2,1-2H3. The number of hydrogen-bond acceptors (Lipinski definition) is 4. The fourth-order valence-corrected chi connectivity index (χ4v) is 2.38. The van der Waals surface area contributed by atoms with Gasteiger partial charge in [-0.05, 0) is 32.0 Å². The Morgan fingerprint density at radius 3 is 2.91 bits per heavy atom. The molecule has 3 aromatic rings. The van der Waals surface area contributed by atoms with Gasteiger partial charge in [-0.2, -0.15) is 5.10 Å². The lowest BCUT2D eigenvalue weighted by atomic mass is 10.4. The summed E-state index contributed by atoms with van der Waals surface area (Å²) >= 11 is 0. The lowest BCUT2D eigenvalue weighted by molar-refractivity contribution is -0.145. The lowest BCUT2D eigenvalue weighted by Crippen LogP contribution is -2.11. The van der Waals surface area contributed by atoms with Crippen LogP contribution < -0.4 is 0 Å². The number of imidazole rings is 1. The van der Waals surface area contributed by atoms with Crippen LogP contribution in [0.3, 0.4) is 0 Å². The molecule has 0 aliphatic rings. The Bertz CT molecular complexity index is 770. The van der Waals surface area contributed by atoms with Crippen molar-refractivity contribution in [1.82, 2.24) is 19.2 Å². The summed E-state index contributed by atoms with van der Waals surface area (Å²) in [7, 11) is 0. The maximum absolute atomic E-state index is 11.8. The molecule has 0 saturated heterocycles. The average Bonchev–Trinajstić information content (AvgIpc) is 3.05. The third kappa shape index (κ3) is 3.16. The number of rotatable bonds is 5. The van der Waals surface area contributed by atoms with Crippen LogP contribution in [-0.2, 0) is 22.7 Å². The summed E-state index contributed by atoms with van der Waals surface area (Å²) < 4.78 is 8.99. The van der Waals surface area contributed by atoms with Crippen molar-refractivity contribution in [1.29, 1.82) is 0 Å². The minimum absolute atomic E-state index is 0.192. The first-order valence-corrected chi connectivity index (χ1v) is 7.21. The predicted molar refractivity (Wildman–Crippen MR) is 81.3 cm³/mol. The van der Waals surface area contributed by atoms with Crippen LogP contribution in [0.25, 0.3) is 5.65 Å². The summed E-state index contributed by atoms with van der Waals surface area (Å²) in [5.41, 5.74) is 3.59. The van der Waals surface area contributed by atoms with Crippen LogP contribution in [0.2, 0.25) is 0 Å². The summed E-state index contributed by atoms with van der Waals surface area (Å²) in [6, 6.07) is 7.75. The monoisotopic (exact) mass is 298 g/mol. The Hall–Kier alpha value is -2.63. The van der Waals surface area contributed by atoms with Gasteiger partial charge in [0.25, 0.3) is 0 Å². The van der Waals surface area contributed by atoms with Gasteiger partial charge in [-0.25, -0.2) is 4.98 Å². The summed E-state index contributed by atoms with van der Waals surface area (Å²) in [6.45, 7) is 4.63. The molecule has 0 atom stereocenters. The van der Waals surface area contributed by atoms with Crippen molar-refractivity contribution in [3.05, 3.63) is 53.7 Å². The molecule has 0 spiro atoms. The third-order valence-electron chi connectivity index (χ3n) is 3.43. The zero-order chi connectivity index (χ0) is 15.5. The quantitative estimate of drug-likeness (QED) is 0.678. The number of pyridine rings is 1. The van der Waals surface area contributed by atoms with Crippen LogP contribution in [0.5, 0.6) is 0 Å². The Kier molecular flexibility index (Phi) is 3.91. The molecule has 6 nitrogen and oxygen atoms in total. The molecule has 0 saturated carbocycles. The number of carbonyl (C=O) groups is 1. The maximum Gasteiger partial charge on any atom is 0.308 e.